The first-order chi connectivity index (χ1) is 7.71. The summed E-state index contributed by atoms with van der Waals surface area (Å²) in [5.41, 5.74) is -0.832. The van der Waals surface area contributed by atoms with E-state index in [0.717, 1.165) is 0 Å². The molecule has 0 atom stereocenters. The molecule has 6 heteroatoms. The fourth-order valence-corrected chi connectivity index (χ4v) is 3.31. The SMILES string of the molecule is CN(C(C)(C)CO)S(=O)(=O)c1cccc(Br)c1. The van der Waals surface area contributed by atoms with E-state index >= 15 is 0 Å². The van der Waals surface area contributed by atoms with Gasteiger partial charge in [0.1, 0.15) is 0 Å². The highest BCUT2D eigenvalue weighted by Crippen LogP contribution is 2.24. The highest BCUT2D eigenvalue weighted by Gasteiger charge is 2.33. The zero-order valence-corrected chi connectivity index (χ0v) is 12.4. The maximum atomic E-state index is 12.3. The minimum Gasteiger partial charge on any atom is -0.394 e. The number of rotatable bonds is 4. The van der Waals surface area contributed by atoms with Crippen LogP contribution >= 0.6 is 15.9 Å². The smallest absolute Gasteiger partial charge is 0.243 e. The molecule has 0 aliphatic carbocycles. The molecule has 96 valence electrons. The van der Waals surface area contributed by atoms with Crippen LogP contribution in [0.2, 0.25) is 0 Å². The van der Waals surface area contributed by atoms with Crippen molar-refractivity contribution in [3.63, 3.8) is 0 Å². The van der Waals surface area contributed by atoms with Gasteiger partial charge in [0.2, 0.25) is 10.0 Å². The van der Waals surface area contributed by atoms with Crippen LogP contribution in [0.3, 0.4) is 0 Å². The Morgan fingerprint density at radius 3 is 2.47 bits per heavy atom. The molecule has 0 aliphatic heterocycles. The third kappa shape index (κ3) is 3.07. The average molecular weight is 322 g/mol. The Morgan fingerprint density at radius 2 is 2.00 bits per heavy atom. The summed E-state index contributed by atoms with van der Waals surface area (Å²) in [5, 5.41) is 9.21. The fraction of sp³-hybridized carbons (Fsp3) is 0.455. The zero-order valence-electron chi connectivity index (χ0n) is 10.0. The summed E-state index contributed by atoms with van der Waals surface area (Å²) in [6.45, 7) is 3.10. The van der Waals surface area contributed by atoms with Crippen LogP contribution in [0.5, 0.6) is 0 Å². The van der Waals surface area contributed by atoms with Gasteiger partial charge in [0, 0.05) is 11.5 Å². The van der Waals surface area contributed by atoms with Gasteiger partial charge >= 0.3 is 0 Å². The number of hydrogen-bond acceptors (Lipinski definition) is 3. The van der Waals surface area contributed by atoms with Crippen LogP contribution in [-0.4, -0.2) is 37.0 Å². The largest absolute Gasteiger partial charge is 0.394 e. The Balaban J connectivity index is 3.21. The minimum atomic E-state index is -3.59. The Kier molecular flexibility index (Phi) is 4.35. The van der Waals surface area contributed by atoms with Crippen molar-refractivity contribution in [1.82, 2.24) is 4.31 Å². The molecule has 0 fully saturated rings. The molecule has 0 unspecified atom stereocenters. The quantitative estimate of drug-likeness (QED) is 0.920. The topological polar surface area (TPSA) is 57.6 Å². The Hall–Kier alpha value is -0.430. The van der Waals surface area contributed by atoms with Crippen LogP contribution < -0.4 is 0 Å². The first-order valence-corrected chi connectivity index (χ1v) is 7.30. The van der Waals surface area contributed by atoms with E-state index in [4.69, 9.17) is 0 Å². The normalized spacial score (nSPS) is 13.1. The van der Waals surface area contributed by atoms with Crippen LogP contribution in [0.15, 0.2) is 33.6 Å². The minimum absolute atomic E-state index is 0.205. The van der Waals surface area contributed by atoms with E-state index in [0.29, 0.717) is 4.47 Å². The zero-order chi connectivity index (χ0) is 13.3. The molecule has 1 aromatic carbocycles. The van der Waals surface area contributed by atoms with Gasteiger partial charge in [-0.3, -0.25) is 0 Å². The van der Waals surface area contributed by atoms with Crippen molar-refractivity contribution in [2.24, 2.45) is 0 Å². The third-order valence-corrected chi connectivity index (χ3v) is 5.25. The summed E-state index contributed by atoms with van der Waals surface area (Å²) in [5.74, 6) is 0. The van der Waals surface area contributed by atoms with Crippen LogP contribution in [0.25, 0.3) is 0 Å². The molecular formula is C11H16BrNO3S. The van der Waals surface area contributed by atoms with Crippen molar-refractivity contribution in [1.29, 1.82) is 0 Å². The molecule has 17 heavy (non-hydrogen) atoms. The van der Waals surface area contributed by atoms with Gasteiger partial charge < -0.3 is 5.11 Å². The van der Waals surface area contributed by atoms with E-state index in [2.05, 4.69) is 15.9 Å². The lowest BCUT2D eigenvalue weighted by atomic mass is 10.1. The molecule has 0 saturated carbocycles. The first kappa shape index (κ1) is 14.6. The van der Waals surface area contributed by atoms with Crippen molar-refractivity contribution in [3.8, 4) is 0 Å². The van der Waals surface area contributed by atoms with Gasteiger partial charge in [0.15, 0.2) is 0 Å². The summed E-state index contributed by atoms with van der Waals surface area (Å²) < 4.78 is 26.5. The van der Waals surface area contributed by atoms with E-state index in [1.54, 1.807) is 32.0 Å². The molecule has 0 aromatic heterocycles. The lowest BCUT2D eigenvalue weighted by Crippen LogP contribution is -2.47. The standard InChI is InChI=1S/C11H16BrNO3S/c1-11(2,8-14)13(3)17(15,16)10-6-4-5-9(12)7-10/h4-7,14H,8H2,1-3H3. The molecule has 1 N–H and O–H groups in total. The Bertz CT molecular complexity index is 499. The second-order valence-corrected chi connectivity index (χ2v) is 7.29. The lowest BCUT2D eigenvalue weighted by Gasteiger charge is -2.32. The van der Waals surface area contributed by atoms with E-state index in [1.165, 1.54) is 17.4 Å². The van der Waals surface area contributed by atoms with Gasteiger partial charge in [0.25, 0.3) is 0 Å². The van der Waals surface area contributed by atoms with Crippen molar-refractivity contribution >= 4 is 26.0 Å². The monoisotopic (exact) mass is 321 g/mol. The second kappa shape index (κ2) is 5.06. The summed E-state index contributed by atoms with van der Waals surface area (Å²) >= 11 is 3.24. The van der Waals surface area contributed by atoms with Crippen molar-refractivity contribution in [2.75, 3.05) is 13.7 Å². The van der Waals surface area contributed by atoms with Crippen molar-refractivity contribution in [2.45, 2.75) is 24.3 Å². The Labute approximate surface area is 110 Å². The molecular weight excluding hydrogens is 306 g/mol. The lowest BCUT2D eigenvalue weighted by molar-refractivity contribution is 0.138. The number of hydrogen-bond donors (Lipinski definition) is 1. The number of likely N-dealkylation sites (N-methyl/N-ethyl adjacent to an activating group) is 1. The van der Waals surface area contributed by atoms with Gasteiger partial charge in [-0.15, -0.1) is 0 Å². The van der Waals surface area contributed by atoms with Crippen LogP contribution in [0.1, 0.15) is 13.8 Å². The highest BCUT2D eigenvalue weighted by molar-refractivity contribution is 9.10. The van der Waals surface area contributed by atoms with Crippen LogP contribution in [0, 0.1) is 0 Å². The van der Waals surface area contributed by atoms with E-state index in [1.807, 2.05) is 0 Å². The summed E-state index contributed by atoms with van der Waals surface area (Å²) in [4.78, 5) is 0.205. The van der Waals surface area contributed by atoms with Gasteiger partial charge in [-0.05, 0) is 32.0 Å². The maximum Gasteiger partial charge on any atom is 0.243 e. The summed E-state index contributed by atoms with van der Waals surface area (Å²) in [6, 6.07) is 6.50. The number of halogens is 1. The number of benzene rings is 1. The number of aliphatic hydroxyl groups excluding tert-OH is 1. The van der Waals surface area contributed by atoms with Crippen molar-refractivity contribution in [3.05, 3.63) is 28.7 Å². The maximum absolute atomic E-state index is 12.3. The molecule has 0 spiro atoms. The average Bonchev–Trinajstić information content (AvgIpc) is 2.28. The van der Waals surface area contributed by atoms with E-state index in [-0.39, 0.29) is 11.5 Å². The molecule has 0 aliphatic rings. The molecule has 0 radical (unpaired) electrons. The molecule has 0 saturated heterocycles. The number of sulfonamides is 1. The summed E-state index contributed by atoms with van der Waals surface area (Å²) in [7, 11) is -2.12. The van der Waals surface area contributed by atoms with Gasteiger partial charge in [-0.1, -0.05) is 22.0 Å². The van der Waals surface area contributed by atoms with E-state index < -0.39 is 15.6 Å². The molecule has 0 amide bonds. The number of nitrogens with zero attached hydrogens (tertiary/aromatic N) is 1. The van der Waals surface area contributed by atoms with Crippen molar-refractivity contribution < 1.29 is 13.5 Å². The predicted octanol–water partition coefficient (Wildman–Crippen LogP) is 1.84. The van der Waals surface area contributed by atoms with Crippen LogP contribution in [-0.2, 0) is 10.0 Å². The summed E-state index contributed by atoms with van der Waals surface area (Å²) in [6.07, 6.45) is 0. The molecule has 1 rings (SSSR count). The number of aliphatic hydroxyl groups is 1. The van der Waals surface area contributed by atoms with Gasteiger partial charge in [0.05, 0.1) is 17.0 Å². The van der Waals surface area contributed by atoms with Gasteiger partial charge in [-0.2, -0.15) is 4.31 Å². The molecule has 0 heterocycles. The van der Waals surface area contributed by atoms with Crippen LogP contribution in [0.4, 0.5) is 0 Å². The predicted molar refractivity (Wildman–Crippen MR) is 70.3 cm³/mol. The second-order valence-electron chi connectivity index (χ2n) is 4.40. The van der Waals surface area contributed by atoms with E-state index in [9.17, 15) is 13.5 Å². The molecule has 1 aromatic rings. The highest BCUT2D eigenvalue weighted by atomic mass is 79.9. The Morgan fingerprint density at radius 1 is 1.41 bits per heavy atom. The third-order valence-electron chi connectivity index (χ3n) is 2.69. The molecule has 0 bridgehead atoms. The van der Waals surface area contributed by atoms with Gasteiger partial charge in [-0.25, -0.2) is 8.42 Å². The molecule has 4 nitrogen and oxygen atoms in total. The fourth-order valence-electron chi connectivity index (χ4n) is 1.21. The first-order valence-electron chi connectivity index (χ1n) is 5.07.